The van der Waals surface area contributed by atoms with Gasteiger partial charge in [0.2, 0.25) is 0 Å². The van der Waals surface area contributed by atoms with E-state index < -0.39 is 5.82 Å². The summed E-state index contributed by atoms with van der Waals surface area (Å²) in [7, 11) is 1.92. The summed E-state index contributed by atoms with van der Waals surface area (Å²) in [6.45, 7) is 1.68. The number of ketones is 1. The van der Waals surface area contributed by atoms with Crippen molar-refractivity contribution in [1.82, 2.24) is 9.78 Å². The number of allylic oxidation sites excluding steroid dienone is 1. The molecule has 1 aromatic heterocycles. The van der Waals surface area contributed by atoms with E-state index in [1.54, 1.807) is 41.3 Å². The fourth-order valence-electron chi connectivity index (χ4n) is 4.41. The van der Waals surface area contributed by atoms with Crippen molar-refractivity contribution in [3.63, 3.8) is 0 Å². The van der Waals surface area contributed by atoms with Gasteiger partial charge < -0.3 is 4.90 Å². The molecule has 0 radical (unpaired) electrons. The number of benzene rings is 4. The van der Waals surface area contributed by atoms with Gasteiger partial charge in [-0.15, -0.1) is 0 Å². The minimum Gasteiger partial charge on any atom is -0.304 e. The van der Waals surface area contributed by atoms with Gasteiger partial charge >= 0.3 is 0 Å². The normalized spacial score (nSPS) is 11.2. The lowest BCUT2D eigenvalue weighted by molar-refractivity contribution is -0.112. The van der Waals surface area contributed by atoms with Crippen LogP contribution in [0.1, 0.15) is 28.4 Å². The molecule has 0 atom stereocenters. The molecular weight excluding hydrogens is 477 g/mol. The van der Waals surface area contributed by atoms with Crippen LogP contribution in [-0.2, 0) is 18.4 Å². The van der Waals surface area contributed by atoms with Crippen LogP contribution in [0.25, 0.3) is 28.1 Å². The lowest BCUT2D eigenvalue weighted by Gasteiger charge is -2.24. The van der Waals surface area contributed by atoms with Gasteiger partial charge in [-0.3, -0.25) is 14.3 Å². The van der Waals surface area contributed by atoms with E-state index in [9.17, 15) is 14.0 Å². The summed E-state index contributed by atoms with van der Waals surface area (Å²) in [5, 5.41) is 5.38. The highest BCUT2D eigenvalue weighted by atomic mass is 19.1. The number of amides is 1. The second-order valence-corrected chi connectivity index (χ2v) is 9.18. The molecule has 1 amide bonds. The van der Waals surface area contributed by atoms with Crippen LogP contribution in [0, 0.1) is 5.82 Å². The SMILES string of the molecule is CC(=O)/C=C/c1cc(F)cc(N(Cc2ccc(-c3ccc4c(cnn4C)c3)cc2)C(=O)c2ccccc2)c1. The van der Waals surface area contributed by atoms with Crippen molar-refractivity contribution in [3.8, 4) is 11.1 Å². The summed E-state index contributed by atoms with van der Waals surface area (Å²) in [6.07, 6.45) is 4.77. The Kier molecular flexibility index (Phi) is 6.96. The maximum absolute atomic E-state index is 14.6. The number of carbonyl (C=O) groups is 2. The van der Waals surface area contributed by atoms with Crippen LogP contribution in [0.4, 0.5) is 10.1 Å². The van der Waals surface area contributed by atoms with Crippen molar-refractivity contribution in [2.45, 2.75) is 13.5 Å². The largest absolute Gasteiger partial charge is 0.304 e. The Balaban J connectivity index is 1.47. The summed E-state index contributed by atoms with van der Waals surface area (Å²) in [5.74, 6) is -0.877. The highest BCUT2D eigenvalue weighted by Gasteiger charge is 2.19. The van der Waals surface area contributed by atoms with Crippen molar-refractivity contribution in [3.05, 3.63) is 126 Å². The molecule has 0 aliphatic carbocycles. The average Bonchev–Trinajstić information content (AvgIpc) is 3.30. The van der Waals surface area contributed by atoms with Gasteiger partial charge in [-0.1, -0.05) is 54.6 Å². The number of aromatic nitrogens is 2. The second-order valence-electron chi connectivity index (χ2n) is 9.18. The standard InChI is InChI=1S/C32H26FN3O2/c1-22(37)8-9-24-16-29(33)19-30(17-24)36(32(38)26-6-4-3-5-7-26)21-23-10-12-25(13-11-23)27-14-15-31-28(18-27)20-34-35(31)2/h3-20H,21H2,1-2H3/b9-8+. The van der Waals surface area contributed by atoms with Crippen LogP contribution >= 0.6 is 0 Å². The first kappa shape index (κ1) is 24.8. The fourth-order valence-corrected chi connectivity index (χ4v) is 4.41. The number of nitrogens with zero attached hydrogens (tertiary/aromatic N) is 3. The van der Waals surface area contributed by atoms with E-state index in [2.05, 4.69) is 17.2 Å². The Hall–Kier alpha value is -4.84. The van der Waals surface area contributed by atoms with Crippen LogP contribution in [0.3, 0.4) is 0 Å². The molecule has 5 aromatic rings. The maximum Gasteiger partial charge on any atom is 0.258 e. The summed E-state index contributed by atoms with van der Waals surface area (Å²) >= 11 is 0. The Bertz CT molecular complexity index is 1650. The van der Waals surface area contributed by atoms with E-state index in [1.807, 2.05) is 54.3 Å². The highest BCUT2D eigenvalue weighted by molar-refractivity contribution is 6.06. The summed E-state index contributed by atoms with van der Waals surface area (Å²) < 4.78 is 16.4. The van der Waals surface area contributed by atoms with Crippen LogP contribution in [0.15, 0.2) is 103 Å². The lowest BCUT2D eigenvalue weighted by atomic mass is 10.0. The molecule has 38 heavy (non-hydrogen) atoms. The summed E-state index contributed by atoms with van der Waals surface area (Å²) in [5.41, 5.74) is 5.48. The minimum atomic E-state index is -0.488. The smallest absolute Gasteiger partial charge is 0.258 e. The molecular formula is C32H26FN3O2. The Morgan fingerprint density at radius 3 is 2.39 bits per heavy atom. The van der Waals surface area contributed by atoms with Gasteiger partial charge in [0.15, 0.2) is 5.78 Å². The minimum absolute atomic E-state index is 0.143. The molecule has 0 saturated carbocycles. The molecule has 0 N–H and O–H groups in total. The molecule has 0 bridgehead atoms. The number of anilines is 1. The Morgan fingerprint density at radius 2 is 1.66 bits per heavy atom. The van der Waals surface area contributed by atoms with Crippen molar-refractivity contribution in [2.24, 2.45) is 7.05 Å². The van der Waals surface area contributed by atoms with Gasteiger partial charge in [-0.2, -0.15) is 5.10 Å². The first-order valence-electron chi connectivity index (χ1n) is 12.2. The Labute approximate surface area is 220 Å². The van der Waals surface area contributed by atoms with Crippen LogP contribution in [0.2, 0.25) is 0 Å². The molecule has 0 saturated heterocycles. The van der Waals surface area contributed by atoms with E-state index >= 15 is 0 Å². The zero-order valence-electron chi connectivity index (χ0n) is 21.1. The van der Waals surface area contributed by atoms with Gasteiger partial charge in [0.05, 0.1) is 18.3 Å². The molecule has 4 aromatic carbocycles. The van der Waals surface area contributed by atoms with Gasteiger partial charge in [-0.25, -0.2) is 4.39 Å². The van der Waals surface area contributed by atoms with E-state index in [4.69, 9.17) is 0 Å². The number of halogens is 1. The molecule has 6 heteroatoms. The van der Waals surface area contributed by atoms with Crippen molar-refractivity contribution < 1.29 is 14.0 Å². The van der Waals surface area contributed by atoms with Gasteiger partial charge in [0.25, 0.3) is 5.91 Å². The molecule has 0 aliphatic heterocycles. The van der Waals surface area contributed by atoms with Crippen molar-refractivity contribution in [2.75, 3.05) is 4.90 Å². The summed E-state index contributed by atoms with van der Waals surface area (Å²) in [4.78, 5) is 26.5. The van der Waals surface area contributed by atoms with Crippen LogP contribution < -0.4 is 4.90 Å². The topological polar surface area (TPSA) is 55.2 Å². The monoisotopic (exact) mass is 503 g/mol. The highest BCUT2D eigenvalue weighted by Crippen LogP contribution is 2.27. The number of aryl methyl sites for hydroxylation is 1. The van der Waals surface area contributed by atoms with Crippen LogP contribution in [-0.4, -0.2) is 21.5 Å². The van der Waals surface area contributed by atoms with Crippen molar-refractivity contribution >= 4 is 34.4 Å². The molecule has 0 fully saturated rings. The lowest BCUT2D eigenvalue weighted by Crippen LogP contribution is -2.30. The zero-order valence-corrected chi connectivity index (χ0v) is 21.1. The molecule has 188 valence electrons. The second kappa shape index (κ2) is 10.6. The van der Waals surface area contributed by atoms with Crippen LogP contribution in [0.5, 0.6) is 0 Å². The number of hydrogen-bond acceptors (Lipinski definition) is 3. The molecule has 0 spiro atoms. The predicted octanol–water partition coefficient (Wildman–Crippen LogP) is 6.83. The third-order valence-electron chi connectivity index (χ3n) is 6.37. The van der Waals surface area contributed by atoms with E-state index in [-0.39, 0.29) is 18.2 Å². The molecule has 5 rings (SSSR count). The maximum atomic E-state index is 14.6. The van der Waals surface area contributed by atoms with Gasteiger partial charge in [0.1, 0.15) is 5.82 Å². The third-order valence-corrected chi connectivity index (χ3v) is 6.37. The molecule has 1 heterocycles. The van der Waals surface area contributed by atoms with E-state index in [1.165, 1.54) is 25.1 Å². The van der Waals surface area contributed by atoms with Crippen molar-refractivity contribution in [1.29, 1.82) is 0 Å². The van der Waals surface area contributed by atoms with E-state index in [0.29, 0.717) is 16.8 Å². The molecule has 0 unspecified atom stereocenters. The quantitative estimate of drug-likeness (QED) is 0.229. The summed E-state index contributed by atoms with van der Waals surface area (Å²) in [6, 6.07) is 27.5. The molecule has 0 aliphatic rings. The number of hydrogen-bond donors (Lipinski definition) is 0. The fraction of sp³-hybridized carbons (Fsp3) is 0.0938. The first-order valence-corrected chi connectivity index (χ1v) is 12.2. The number of rotatable bonds is 7. The average molecular weight is 504 g/mol. The number of carbonyl (C=O) groups excluding carboxylic acids is 2. The van der Waals surface area contributed by atoms with Gasteiger partial charge in [-0.05, 0) is 77.7 Å². The number of fused-ring (bicyclic) bond motifs is 1. The third kappa shape index (κ3) is 5.44. The van der Waals surface area contributed by atoms with Gasteiger partial charge in [0, 0.05) is 23.7 Å². The molecule has 5 nitrogen and oxygen atoms in total. The zero-order chi connectivity index (χ0) is 26.6. The first-order chi connectivity index (χ1) is 18.4. The predicted molar refractivity (Wildman–Crippen MR) is 149 cm³/mol. The Morgan fingerprint density at radius 1 is 0.921 bits per heavy atom. The van der Waals surface area contributed by atoms with E-state index in [0.717, 1.165) is 27.6 Å².